The molecular formula is C20H18F2N6O2S. The first-order valence-electron chi connectivity index (χ1n) is 9.74. The lowest BCUT2D eigenvalue weighted by Crippen LogP contribution is -2.56. The monoisotopic (exact) mass is 444 g/mol. The van der Waals surface area contributed by atoms with Crippen LogP contribution in [0.4, 0.5) is 25.1 Å². The summed E-state index contributed by atoms with van der Waals surface area (Å²) in [5, 5.41) is 2.53. The lowest BCUT2D eigenvalue weighted by molar-refractivity contribution is 0.100. The first kappa shape index (κ1) is 19.6. The Morgan fingerprint density at radius 3 is 2.55 bits per heavy atom. The summed E-state index contributed by atoms with van der Waals surface area (Å²) in [6, 6.07) is 4.33. The van der Waals surface area contributed by atoms with Gasteiger partial charge in [0.05, 0.1) is 20.8 Å². The zero-order chi connectivity index (χ0) is 21.7. The number of nitrogens with two attached hydrogens (primary N) is 1. The smallest absolute Gasteiger partial charge is 0.322 e. The molecule has 3 N–H and O–H groups in total. The van der Waals surface area contributed by atoms with Gasteiger partial charge in [0.15, 0.2) is 5.82 Å². The number of amides is 3. The lowest BCUT2D eigenvalue weighted by atomic mass is 10.2. The van der Waals surface area contributed by atoms with Crippen LogP contribution in [0, 0.1) is 11.6 Å². The van der Waals surface area contributed by atoms with Gasteiger partial charge >= 0.3 is 6.03 Å². The van der Waals surface area contributed by atoms with Gasteiger partial charge in [0, 0.05) is 31.2 Å². The van der Waals surface area contributed by atoms with E-state index in [0.717, 1.165) is 35.5 Å². The van der Waals surface area contributed by atoms with Crippen LogP contribution in [-0.4, -0.2) is 52.0 Å². The molecule has 0 unspecified atom stereocenters. The summed E-state index contributed by atoms with van der Waals surface area (Å²) < 4.78 is 27.8. The van der Waals surface area contributed by atoms with Crippen molar-refractivity contribution < 1.29 is 18.4 Å². The summed E-state index contributed by atoms with van der Waals surface area (Å²) in [4.78, 5) is 37.3. The molecule has 4 heterocycles. The highest BCUT2D eigenvalue weighted by Gasteiger charge is 2.43. The summed E-state index contributed by atoms with van der Waals surface area (Å²) >= 11 is 1.26. The van der Waals surface area contributed by atoms with Crippen LogP contribution in [0.3, 0.4) is 0 Å². The summed E-state index contributed by atoms with van der Waals surface area (Å²) in [6.45, 7) is 0.870. The number of nitrogens with one attached hydrogen (secondary N) is 1. The maximum absolute atomic E-state index is 13.9. The van der Waals surface area contributed by atoms with E-state index in [4.69, 9.17) is 5.73 Å². The Kier molecular flexibility index (Phi) is 4.69. The van der Waals surface area contributed by atoms with Crippen LogP contribution in [0.2, 0.25) is 0 Å². The van der Waals surface area contributed by atoms with Crippen LogP contribution in [0.15, 0.2) is 30.6 Å². The standard InChI is InChI=1S/C20H18F2N6O2S/c21-10-1-4-14(13(22)5-10)26-20(30)27-7-11-2-3-12(8-27)28(11)19-17-15(24-9-25-19)6-16(31-17)18(23)29/h1,4-6,9,11-12H,2-3,7-8H2,(H2,23,29)(H,26,30)/t11-,12+. The molecule has 2 saturated heterocycles. The number of carbonyl (C=O) groups is 2. The fourth-order valence-electron chi connectivity index (χ4n) is 4.35. The van der Waals surface area contributed by atoms with Crippen molar-refractivity contribution in [2.45, 2.75) is 24.9 Å². The number of benzene rings is 1. The van der Waals surface area contributed by atoms with Crippen molar-refractivity contribution >= 4 is 45.0 Å². The molecule has 2 aliphatic heterocycles. The number of primary amides is 1. The van der Waals surface area contributed by atoms with Gasteiger partial charge in [-0.15, -0.1) is 11.3 Å². The van der Waals surface area contributed by atoms with Crippen LogP contribution in [0.5, 0.6) is 0 Å². The third kappa shape index (κ3) is 3.44. The molecule has 31 heavy (non-hydrogen) atoms. The van der Waals surface area contributed by atoms with Crippen molar-refractivity contribution in [2.75, 3.05) is 23.3 Å². The second-order valence-corrected chi connectivity index (χ2v) is 8.69. The zero-order valence-electron chi connectivity index (χ0n) is 16.2. The summed E-state index contributed by atoms with van der Waals surface area (Å²) in [5.41, 5.74) is 6.02. The van der Waals surface area contributed by atoms with Crippen molar-refractivity contribution in [3.05, 3.63) is 47.1 Å². The lowest BCUT2D eigenvalue weighted by Gasteiger charge is -2.41. The molecule has 11 heteroatoms. The SMILES string of the molecule is NC(=O)c1cc2ncnc(N3[C@@H]4CC[C@H]3CN(C(=O)Nc3ccc(F)cc3F)C4)c2s1. The largest absolute Gasteiger partial charge is 0.365 e. The number of thiophene rings is 1. The Morgan fingerprint density at radius 2 is 1.87 bits per heavy atom. The van der Waals surface area contributed by atoms with Crippen LogP contribution in [-0.2, 0) is 0 Å². The number of hydrogen-bond donors (Lipinski definition) is 2. The summed E-state index contributed by atoms with van der Waals surface area (Å²) in [7, 11) is 0. The number of carbonyl (C=O) groups excluding carboxylic acids is 2. The third-order valence-corrected chi connectivity index (χ3v) is 6.86. The van der Waals surface area contributed by atoms with Gasteiger partial charge in [0.2, 0.25) is 0 Å². The number of fused-ring (bicyclic) bond motifs is 3. The molecule has 0 spiro atoms. The second kappa shape index (κ2) is 7.41. The number of urea groups is 1. The van der Waals surface area contributed by atoms with Crippen LogP contribution in [0.1, 0.15) is 22.5 Å². The number of likely N-dealkylation sites (tertiary alicyclic amines) is 1. The minimum absolute atomic E-state index is 0.0276. The summed E-state index contributed by atoms with van der Waals surface area (Å²) in [6.07, 6.45) is 3.21. The highest BCUT2D eigenvalue weighted by molar-refractivity contribution is 7.21. The number of hydrogen-bond acceptors (Lipinski definition) is 6. The number of anilines is 2. The number of rotatable bonds is 3. The average molecular weight is 444 g/mol. The van der Waals surface area contributed by atoms with Crippen molar-refractivity contribution in [1.82, 2.24) is 14.9 Å². The first-order valence-corrected chi connectivity index (χ1v) is 10.6. The van der Waals surface area contributed by atoms with E-state index in [9.17, 15) is 18.4 Å². The maximum atomic E-state index is 13.9. The van der Waals surface area contributed by atoms with E-state index in [1.807, 2.05) is 0 Å². The molecule has 2 aromatic heterocycles. The molecule has 0 saturated carbocycles. The topological polar surface area (TPSA) is 104 Å². The van der Waals surface area contributed by atoms with E-state index >= 15 is 0 Å². The average Bonchev–Trinajstić information content (AvgIpc) is 3.28. The van der Waals surface area contributed by atoms with Crippen molar-refractivity contribution in [3.63, 3.8) is 0 Å². The molecule has 8 nitrogen and oxygen atoms in total. The van der Waals surface area contributed by atoms with Gasteiger partial charge in [-0.25, -0.2) is 23.5 Å². The van der Waals surface area contributed by atoms with Crippen molar-refractivity contribution in [3.8, 4) is 0 Å². The third-order valence-electron chi connectivity index (χ3n) is 5.72. The van der Waals surface area contributed by atoms with Crippen LogP contribution in [0.25, 0.3) is 10.2 Å². The molecule has 1 aromatic carbocycles. The van der Waals surface area contributed by atoms with Gasteiger partial charge in [0.25, 0.3) is 5.91 Å². The van der Waals surface area contributed by atoms with Crippen molar-refractivity contribution in [2.24, 2.45) is 5.73 Å². The van der Waals surface area contributed by atoms with E-state index in [1.54, 1.807) is 11.0 Å². The molecule has 2 fully saturated rings. The normalized spacial score (nSPS) is 20.3. The number of aromatic nitrogens is 2. The Hall–Kier alpha value is -3.34. The molecule has 2 atom stereocenters. The Labute approximate surface area is 179 Å². The minimum atomic E-state index is -0.818. The molecule has 5 rings (SSSR count). The fourth-order valence-corrected chi connectivity index (χ4v) is 5.30. The van der Waals surface area contributed by atoms with E-state index in [0.29, 0.717) is 23.5 Å². The molecular weight excluding hydrogens is 426 g/mol. The molecule has 0 aliphatic carbocycles. The predicted molar refractivity (Wildman–Crippen MR) is 112 cm³/mol. The maximum Gasteiger partial charge on any atom is 0.322 e. The number of nitrogens with zero attached hydrogens (tertiary/aromatic N) is 4. The van der Waals surface area contributed by atoms with E-state index in [-0.39, 0.29) is 17.8 Å². The predicted octanol–water partition coefficient (Wildman–Crippen LogP) is 2.95. The second-order valence-electron chi connectivity index (χ2n) is 7.64. The molecule has 2 aliphatic rings. The van der Waals surface area contributed by atoms with Crippen molar-refractivity contribution in [1.29, 1.82) is 0 Å². The highest BCUT2D eigenvalue weighted by Crippen LogP contribution is 2.39. The molecule has 2 bridgehead atoms. The molecule has 3 aromatic rings. The fraction of sp³-hybridized carbons (Fsp3) is 0.300. The van der Waals surface area contributed by atoms with Gasteiger partial charge < -0.3 is 20.9 Å². The summed E-state index contributed by atoms with van der Waals surface area (Å²) in [5.74, 6) is -1.29. The van der Waals surface area contributed by atoms with E-state index in [1.165, 1.54) is 23.7 Å². The Bertz CT molecular complexity index is 1190. The van der Waals surface area contributed by atoms with Crippen LogP contribution >= 0.6 is 11.3 Å². The zero-order valence-corrected chi connectivity index (χ0v) is 17.0. The number of halogens is 2. The molecule has 3 amide bonds. The van der Waals surface area contributed by atoms with E-state index in [2.05, 4.69) is 20.2 Å². The van der Waals surface area contributed by atoms with Crippen LogP contribution < -0.4 is 16.0 Å². The van der Waals surface area contributed by atoms with Gasteiger partial charge in [-0.3, -0.25) is 4.79 Å². The Morgan fingerprint density at radius 1 is 1.13 bits per heavy atom. The van der Waals surface area contributed by atoms with Gasteiger partial charge in [0.1, 0.15) is 18.0 Å². The quantitative estimate of drug-likeness (QED) is 0.646. The first-order chi connectivity index (χ1) is 14.9. The van der Waals surface area contributed by atoms with E-state index < -0.39 is 23.6 Å². The number of piperazine rings is 1. The minimum Gasteiger partial charge on any atom is -0.365 e. The van der Waals surface area contributed by atoms with Gasteiger partial charge in [-0.1, -0.05) is 0 Å². The van der Waals surface area contributed by atoms with Gasteiger partial charge in [-0.05, 0) is 31.0 Å². The highest BCUT2D eigenvalue weighted by atomic mass is 32.1. The molecule has 160 valence electrons. The molecule has 0 radical (unpaired) electrons. The Balaban J connectivity index is 1.37. The van der Waals surface area contributed by atoms with Gasteiger partial charge in [-0.2, -0.15) is 0 Å².